The van der Waals surface area contributed by atoms with Gasteiger partial charge >= 0.3 is 0 Å². The summed E-state index contributed by atoms with van der Waals surface area (Å²) < 4.78 is 1.76. The van der Waals surface area contributed by atoms with Gasteiger partial charge in [-0.05, 0) is 50.3 Å². The summed E-state index contributed by atoms with van der Waals surface area (Å²) in [6, 6.07) is 16.1. The zero-order valence-corrected chi connectivity index (χ0v) is 20.0. The molecule has 2 aliphatic rings. The minimum Gasteiger partial charge on any atom is -0.325 e. The number of nitrogens with zero attached hydrogens (tertiary/aromatic N) is 2. The number of fused-ring (bicyclic) bond motifs is 4. The highest BCUT2D eigenvalue weighted by Crippen LogP contribution is 2.49. The van der Waals surface area contributed by atoms with E-state index in [2.05, 4.69) is 23.5 Å². The summed E-state index contributed by atoms with van der Waals surface area (Å²) in [6.45, 7) is 4.49. The maximum atomic E-state index is 13.8. The van der Waals surface area contributed by atoms with Crippen molar-refractivity contribution in [2.75, 3.05) is 11.1 Å². The molecule has 1 aromatic heterocycles. The van der Waals surface area contributed by atoms with E-state index in [1.807, 2.05) is 44.2 Å². The summed E-state index contributed by atoms with van der Waals surface area (Å²) in [5.74, 6) is 0.100. The van der Waals surface area contributed by atoms with Gasteiger partial charge in [-0.2, -0.15) is 0 Å². The smallest absolute Gasteiger partial charge is 0.258 e. The molecule has 0 saturated heterocycles. The van der Waals surface area contributed by atoms with Crippen LogP contribution in [0.3, 0.4) is 0 Å². The first-order chi connectivity index (χ1) is 16.0. The van der Waals surface area contributed by atoms with Gasteiger partial charge < -0.3 is 5.32 Å². The van der Waals surface area contributed by atoms with E-state index in [9.17, 15) is 9.59 Å². The van der Waals surface area contributed by atoms with Crippen molar-refractivity contribution in [3.8, 4) is 11.3 Å². The number of rotatable bonds is 5. The zero-order chi connectivity index (χ0) is 23.0. The summed E-state index contributed by atoms with van der Waals surface area (Å²) in [6.07, 6.45) is 5.31. The van der Waals surface area contributed by atoms with Crippen molar-refractivity contribution in [1.82, 2.24) is 9.55 Å². The maximum absolute atomic E-state index is 13.8. The Labute approximate surface area is 198 Å². The first kappa shape index (κ1) is 22.0. The van der Waals surface area contributed by atoms with E-state index in [0.717, 1.165) is 60.2 Å². The molecule has 2 aromatic carbocycles. The molecular weight excluding hydrogens is 430 g/mol. The molecule has 0 atom stereocenters. The van der Waals surface area contributed by atoms with Crippen LogP contribution in [0.25, 0.3) is 11.3 Å². The Bertz CT molecular complexity index is 1270. The van der Waals surface area contributed by atoms with Gasteiger partial charge in [-0.3, -0.25) is 14.2 Å². The van der Waals surface area contributed by atoms with E-state index in [-0.39, 0.29) is 22.6 Å². The predicted octanol–water partition coefficient (Wildman–Crippen LogP) is 5.34. The summed E-state index contributed by atoms with van der Waals surface area (Å²) in [7, 11) is 0. The number of hydrogen-bond acceptors (Lipinski definition) is 4. The average Bonchev–Trinajstić information content (AvgIpc) is 3.27. The molecule has 170 valence electrons. The highest BCUT2D eigenvalue weighted by molar-refractivity contribution is 7.99. The molecule has 0 aliphatic heterocycles. The number of amides is 1. The van der Waals surface area contributed by atoms with Crippen LogP contribution in [0.5, 0.6) is 0 Å². The van der Waals surface area contributed by atoms with Gasteiger partial charge in [0.15, 0.2) is 5.16 Å². The first-order valence-electron chi connectivity index (χ1n) is 11.7. The molecule has 1 spiro atoms. The van der Waals surface area contributed by atoms with Gasteiger partial charge in [0.1, 0.15) is 0 Å². The number of thioether (sulfide) groups is 1. The largest absolute Gasteiger partial charge is 0.325 e. The molecule has 2 aliphatic carbocycles. The van der Waals surface area contributed by atoms with Crippen LogP contribution in [-0.2, 0) is 23.2 Å². The fourth-order valence-corrected chi connectivity index (χ4v) is 6.32. The molecule has 3 aromatic rings. The lowest BCUT2D eigenvalue weighted by atomic mass is 9.68. The van der Waals surface area contributed by atoms with Crippen molar-refractivity contribution in [1.29, 1.82) is 0 Å². The number of para-hydroxylation sites is 1. The molecule has 1 N–H and O–H groups in total. The Morgan fingerprint density at radius 2 is 1.85 bits per heavy atom. The van der Waals surface area contributed by atoms with Crippen LogP contribution in [0.1, 0.15) is 49.3 Å². The number of carbonyl (C=O) groups is 1. The van der Waals surface area contributed by atoms with Gasteiger partial charge in [-0.25, -0.2) is 4.98 Å². The number of aryl methyl sites for hydroxylation is 1. The number of hydrogen-bond donors (Lipinski definition) is 1. The monoisotopic (exact) mass is 459 g/mol. The van der Waals surface area contributed by atoms with E-state index in [4.69, 9.17) is 4.98 Å². The second kappa shape index (κ2) is 8.82. The van der Waals surface area contributed by atoms with Gasteiger partial charge in [-0.15, -0.1) is 0 Å². The third-order valence-electron chi connectivity index (χ3n) is 7.09. The van der Waals surface area contributed by atoms with Gasteiger partial charge in [0.05, 0.1) is 17.0 Å². The number of carbonyl (C=O) groups excluding carboxylic acids is 1. The molecule has 1 saturated carbocycles. The third kappa shape index (κ3) is 3.90. The van der Waals surface area contributed by atoms with Crippen LogP contribution in [0.4, 0.5) is 5.69 Å². The van der Waals surface area contributed by atoms with Gasteiger partial charge in [0.2, 0.25) is 5.91 Å². The van der Waals surface area contributed by atoms with E-state index in [1.165, 1.54) is 17.3 Å². The topological polar surface area (TPSA) is 64.0 Å². The van der Waals surface area contributed by atoms with Crippen molar-refractivity contribution in [2.24, 2.45) is 0 Å². The van der Waals surface area contributed by atoms with Crippen LogP contribution >= 0.6 is 11.8 Å². The number of aromatic nitrogens is 2. The second-order valence-corrected chi connectivity index (χ2v) is 10.1. The number of anilines is 1. The Morgan fingerprint density at radius 1 is 1.12 bits per heavy atom. The van der Waals surface area contributed by atoms with Crippen molar-refractivity contribution in [3.63, 3.8) is 0 Å². The lowest BCUT2D eigenvalue weighted by Crippen LogP contribution is -2.40. The van der Waals surface area contributed by atoms with Crippen molar-refractivity contribution >= 4 is 23.4 Å². The fourth-order valence-electron chi connectivity index (χ4n) is 5.46. The Hall–Kier alpha value is -2.86. The first-order valence-corrected chi connectivity index (χ1v) is 12.7. The van der Waals surface area contributed by atoms with Crippen molar-refractivity contribution in [3.05, 3.63) is 75.6 Å². The van der Waals surface area contributed by atoms with Crippen LogP contribution in [0, 0.1) is 6.92 Å². The van der Waals surface area contributed by atoms with E-state index in [0.29, 0.717) is 11.7 Å². The second-order valence-electron chi connectivity index (χ2n) is 9.14. The molecular formula is C27H29N3O2S. The van der Waals surface area contributed by atoms with Gasteiger partial charge in [0.25, 0.3) is 5.56 Å². The standard InChI is InChI=1S/C27H29N3O2S/c1-3-30-25(32)23-24(20-12-6-5-11-19(20)16-27(23)14-8-9-15-27)29-26(30)33-17-22(31)28-21-13-7-4-10-18(21)2/h4-7,10-13H,3,8-9,14-17H2,1-2H3,(H,28,31). The Balaban J connectivity index is 1.51. The van der Waals surface area contributed by atoms with Gasteiger partial charge in [-0.1, -0.05) is 67.1 Å². The van der Waals surface area contributed by atoms with E-state index >= 15 is 0 Å². The van der Waals surface area contributed by atoms with E-state index in [1.54, 1.807) is 4.57 Å². The summed E-state index contributed by atoms with van der Waals surface area (Å²) >= 11 is 1.34. The molecule has 5 nitrogen and oxygen atoms in total. The molecule has 0 bridgehead atoms. The molecule has 1 amide bonds. The molecule has 1 fully saturated rings. The van der Waals surface area contributed by atoms with Crippen LogP contribution < -0.4 is 10.9 Å². The molecule has 0 radical (unpaired) electrons. The highest BCUT2D eigenvalue weighted by atomic mass is 32.2. The summed E-state index contributed by atoms with van der Waals surface area (Å²) in [5, 5.41) is 3.59. The lowest BCUT2D eigenvalue weighted by molar-refractivity contribution is -0.113. The predicted molar refractivity (Wildman–Crippen MR) is 134 cm³/mol. The number of nitrogens with one attached hydrogen (secondary N) is 1. The van der Waals surface area contributed by atoms with Crippen molar-refractivity contribution < 1.29 is 4.79 Å². The van der Waals surface area contributed by atoms with Crippen molar-refractivity contribution in [2.45, 2.75) is 63.1 Å². The maximum Gasteiger partial charge on any atom is 0.258 e. The minimum atomic E-state index is -0.101. The molecule has 5 rings (SSSR count). The Morgan fingerprint density at radius 3 is 2.61 bits per heavy atom. The Kier molecular flexibility index (Phi) is 5.87. The quantitative estimate of drug-likeness (QED) is 0.413. The van der Waals surface area contributed by atoms with Gasteiger partial charge in [0, 0.05) is 23.2 Å². The van der Waals surface area contributed by atoms with E-state index < -0.39 is 0 Å². The van der Waals surface area contributed by atoms with Crippen LogP contribution in [-0.4, -0.2) is 21.2 Å². The SMILES string of the molecule is CCn1c(SCC(=O)Nc2ccccc2C)nc2c(c1=O)C1(CCCC1)Cc1ccccc1-2. The summed E-state index contributed by atoms with van der Waals surface area (Å²) in [4.78, 5) is 31.5. The molecule has 33 heavy (non-hydrogen) atoms. The normalized spacial score (nSPS) is 15.8. The molecule has 1 heterocycles. The third-order valence-corrected chi connectivity index (χ3v) is 8.07. The molecule has 0 unspecified atom stereocenters. The number of benzene rings is 2. The van der Waals surface area contributed by atoms with Crippen LogP contribution in [0.2, 0.25) is 0 Å². The minimum absolute atomic E-state index is 0.0701. The average molecular weight is 460 g/mol. The summed E-state index contributed by atoms with van der Waals surface area (Å²) in [5.41, 5.74) is 5.87. The lowest BCUT2D eigenvalue weighted by Gasteiger charge is -2.36. The highest BCUT2D eigenvalue weighted by Gasteiger charge is 2.44. The zero-order valence-electron chi connectivity index (χ0n) is 19.2. The van der Waals surface area contributed by atoms with Crippen LogP contribution in [0.15, 0.2) is 58.5 Å². The fraction of sp³-hybridized carbons (Fsp3) is 0.370. The molecule has 6 heteroatoms.